The SMILES string of the molecule is CNC(=O)[C@H](CO)NCc1ccc(OCc2ccccc2C)cc1. The van der Waals surface area contributed by atoms with E-state index in [-0.39, 0.29) is 12.5 Å². The molecule has 0 saturated carbocycles. The van der Waals surface area contributed by atoms with Crippen molar-refractivity contribution < 1.29 is 14.6 Å². The summed E-state index contributed by atoms with van der Waals surface area (Å²) in [5, 5.41) is 14.7. The van der Waals surface area contributed by atoms with Crippen LogP contribution in [0.3, 0.4) is 0 Å². The number of hydrogen-bond donors (Lipinski definition) is 3. The quantitative estimate of drug-likeness (QED) is 0.691. The molecule has 24 heavy (non-hydrogen) atoms. The van der Waals surface area contributed by atoms with Gasteiger partial charge in [0.1, 0.15) is 18.4 Å². The van der Waals surface area contributed by atoms with Crippen LogP contribution in [-0.2, 0) is 17.9 Å². The summed E-state index contributed by atoms with van der Waals surface area (Å²) in [6, 6.07) is 15.2. The second-order valence-electron chi connectivity index (χ2n) is 5.59. The van der Waals surface area contributed by atoms with E-state index in [1.807, 2.05) is 36.4 Å². The van der Waals surface area contributed by atoms with Gasteiger partial charge in [-0.25, -0.2) is 0 Å². The molecule has 5 heteroatoms. The molecule has 2 aromatic rings. The topological polar surface area (TPSA) is 70.6 Å². The van der Waals surface area contributed by atoms with Gasteiger partial charge in [-0.3, -0.25) is 10.1 Å². The highest BCUT2D eigenvalue weighted by atomic mass is 16.5. The van der Waals surface area contributed by atoms with Crippen molar-refractivity contribution in [2.45, 2.75) is 26.1 Å². The highest BCUT2D eigenvalue weighted by Crippen LogP contribution is 2.15. The summed E-state index contributed by atoms with van der Waals surface area (Å²) in [6.07, 6.45) is 0. The Kier molecular flexibility index (Phi) is 6.78. The maximum atomic E-state index is 11.5. The molecule has 2 rings (SSSR count). The number of amides is 1. The number of nitrogens with one attached hydrogen (secondary N) is 2. The van der Waals surface area contributed by atoms with Gasteiger partial charge in [-0.05, 0) is 35.7 Å². The van der Waals surface area contributed by atoms with Gasteiger partial charge in [0.15, 0.2) is 0 Å². The van der Waals surface area contributed by atoms with E-state index in [0.717, 1.165) is 11.3 Å². The number of carbonyl (C=O) groups excluding carboxylic acids is 1. The van der Waals surface area contributed by atoms with Crippen LogP contribution in [0.4, 0.5) is 0 Å². The summed E-state index contributed by atoms with van der Waals surface area (Å²) >= 11 is 0. The molecule has 0 heterocycles. The Morgan fingerprint density at radius 1 is 1.17 bits per heavy atom. The highest BCUT2D eigenvalue weighted by molar-refractivity contribution is 5.81. The van der Waals surface area contributed by atoms with Crippen molar-refractivity contribution in [3.8, 4) is 5.75 Å². The van der Waals surface area contributed by atoms with E-state index in [1.165, 1.54) is 11.1 Å². The molecule has 3 N–H and O–H groups in total. The minimum Gasteiger partial charge on any atom is -0.489 e. The van der Waals surface area contributed by atoms with E-state index in [4.69, 9.17) is 4.74 Å². The third kappa shape index (κ3) is 5.08. The third-order valence-electron chi connectivity index (χ3n) is 3.88. The van der Waals surface area contributed by atoms with Crippen LogP contribution in [0.5, 0.6) is 5.75 Å². The lowest BCUT2D eigenvalue weighted by Gasteiger charge is -2.15. The van der Waals surface area contributed by atoms with Crippen molar-refractivity contribution >= 4 is 5.91 Å². The Balaban J connectivity index is 1.86. The van der Waals surface area contributed by atoms with Crippen molar-refractivity contribution in [2.24, 2.45) is 0 Å². The summed E-state index contributed by atoms with van der Waals surface area (Å²) < 4.78 is 5.81. The molecule has 0 aliphatic carbocycles. The Labute approximate surface area is 142 Å². The Morgan fingerprint density at radius 3 is 2.50 bits per heavy atom. The van der Waals surface area contributed by atoms with Crippen LogP contribution in [0, 0.1) is 6.92 Å². The van der Waals surface area contributed by atoms with E-state index in [9.17, 15) is 9.90 Å². The molecule has 0 saturated heterocycles. The van der Waals surface area contributed by atoms with E-state index < -0.39 is 6.04 Å². The second-order valence-corrected chi connectivity index (χ2v) is 5.59. The lowest BCUT2D eigenvalue weighted by Crippen LogP contribution is -2.44. The van der Waals surface area contributed by atoms with E-state index in [1.54, 1.807) is 7.05 Å². The minimum atomic E-state index is -0.605. The van der Waals surface area contributed by atoms with Gasteiger partial charge in [-0.15, -0.1) is 0 Å². The number of rotatable bonds is 8. The largest absolute Gasteiger partial charge is 0.489 e. The maximum absolute atomic E-state index is 11.5. The molecule has 2 aromatic carbocycles. The summed E-state index contributed by atoms with van der Waals surface area (Å²) in [4.78, 5) is 11.5. The van der Waals surface area contributed by atoms with Gasteiger partial charge in [0.2, 0.25) is 5.91 Å². The molecule has 0 aliphatic heterocycles. The smallest absolute Gasteiger partial charge is 0.239 e. The lowest BCUT2D eigenvalue weighted by atomic mass is 10.1. The minimum absolute atomic E-state index is 0.226. The zero-order valence-electron chi connectivity index (χ0n) is 14.1. The van der Waals surface area contributed by atoms with Gasteiger partial charge in [-0.1, -0.05) is 36.4 Å². The average Bonchev–Trinajstić information content (AvgIpc) is 2.62. The molecule has 0 unspecified atom stereocenters. The number of aryl methyl sites for hydroxylation is 1. The maximum Gasteiger partial charge on any atom is 0.239 e. The predicted molar refractivity (Wildman–Crippen MR) is 93.7 cm³/mol. The fourth-order valence-corrected chi connectivity index (χ4v) is 2.29. The zero-order chi connectivity index (χ0) is 17.4. The lowest BCUT2D eigenvalue weighted by molar-refractivity contribution is -0.123. The normalized spacial score (nSPS) is 11.8. The molecule has 0 spiro atoms. The van der Waals surface area contributed by atoms with Crippen LogP contribution in [0.25, 0.3) is 0 Å². The van der Waals surface area contributed by atoms with Crippen molar-refractivity contribution in [3.05, 3.63) is 65.2 Å². The van der Waals surface area contributed by atoms with Gasteiger partial charge < -0.3 is 15.2 Å². The number of ether oxygens (including phenoxy) is 1. The van der Waals surface area contributed by atoms with Crippen LogP contribution in [0.1, 0.15) is 16.7 Å². The molecule has 128 valence electrons. The highest BCUT2D eigenvalue weighted by Gasteiger charge is 2.14. The monoisotopic (exact) mass is 328 g/mol. The molecule has 0 bridgehead atoms. The van der Waals surface area contributed by atoms with Crippen LogP contribution in [-0.4, -0.2) is 30.7 Å². The second kappa shape index (κ2) is 9.05. The Morgan fingerprint density at radius 2 is 1.88 bits per heavy atom. The van der Waals surface area contributed by atoms with Crippen LogP contribution >= 0.6 is 0 Å². The summed E-state index contributed by atoms with van der Waals surface area (Å²) in [6.45, 7) is 2.86. The van der Waals surface area contributed by atoms with Crippen LogP contribution in [0.15, 0.2) is 48.5 Å². The first-order valence-electron chi connectivity index (χ1n) is 7.96. The number of likely N-dealkylation sites (N-methyl/N-ethyl adjacent to an activating group) is 1. The molecule has 0 fully saturated rings. The molecule has 1 amide bonds. The number of aliphatic hydroxyl groups is 1. The van der Waals surface area contributed by atoms with Crippen molar-refractivity contribution in [1.82, 2.24) is 10.6 Å². The first kappa shape index (κ1) is 18.0. The molecule has 0 radical (unpaired) electrons. The van der Waals surface area contributed by atoms with Gasteiger partial charge in [0, 0.05) is 13.6 Å². The predicted octanol–water partition coefficient (Wildman–Crippen LogP) is 1.77. The number of carbonyl (C=O) groups is 1. The van der Waals surface area contributed by atoms with Gasteiger partial charge in [-0.2, -0.15) is 0 Å². The van der Waals surface area contributed by atoms with Gasteiger partial charge in [0.05, 0.1) is 6.61 Å². The number of aliphatic hydroxyl groups excluding tert-OH is 1. The standard InChI is InChI=1S/C19H24N2O3/c1-14-5-3-4-6-16(14)13-24-17-9-7-15(8-10-17)11-21-18(12-22)19(23)20-2/h3-10,18,21-22H,11-13H2,1-2H3,(H,20,23)/t18-/m0/s1. The molecular formula is C19H24N2O3. The summed E-state index contributed by atoms with van der Waals surface area (Å²) in [5.74, 6) is 0.572. The zero-order valence-corrected chi connectivity index (χ0v) is 14.1. The molecule has 5 nitrogen and oxygen atoms in total. The molecular weight excluding hydrogens is 304 g/mol. The van der Waals surface area contributed by atoms with E-state index in [2.05, 4.69) is 29.7 Å². The fourth-order valence-electron chi connectivity index (χ4n) is 2.29. The fraction of sp³-hybridized carbons (Fsp3) is 0.316. The Bertz CT molecular complexity index is 656. The third-order valence-corrected chi connectivity index (χ3v) is 3.88. The Hall–Kier alpha value is -2.37. The molecule has 1 atom stereocenters. The van der Waals surface area contributed by atoms with Crippen molar-refractivity contribution in [2.75, 3.05) is 13.7 Å². The van der Waals surface area contributed by atoms with Gasteiger partial charge in [0.25, 0.3) is 0 Å². The van der Waals surface area contributed by atoms with Crippen LogP contribution < -0.4 is 15.4 Å². The summed E-state index contributed by atoms with van der Waals surface area (Å²) in [5.41, 5.74) is 3.39. The van der Waals surface area contributed by atoms with Gasteiger partial charge >= 0.3 is 0 Å². The molecule has 0 aliphatic rings. The van der Waals surface area contributed by atoms with Crippen molar-refractivity contribution in [3.63, 3.8) is 0 Å². The van der Waals surface area contributed by atoms with Crippen molar-refractivity contribution in [1.29, 1.82) is 0 Å². The first-order valence-corrected chi connectivity index (χ1v) is 7.96. The number of benzene rings is 2. The summed E-state index contributed by atoms with van der Waals surface area (Å²) in [7, 11) is 1.55. The van der Waals surface area contributed by atoms with E-state index >= 15 is 0 Å². The van der Waals surface area contributed by atoms with E-state index in [0.29, 0.717) is 13.2 Å². The average molecular weight is 328 g/mol. The van der Waals surface area contributed by atoms with Crippen LogP contribution in [0.2, 0.25) is 0 Å². The first-order chi connectivity index (χ1) is 11.6. The number of hydrogen-bond acceptors (Lipinski definition) is 4. The molecule has 0 aromatic heterocycles.